The van der Waals surface area contributed by atoms with E-state index in [0.29, 0.717) is 6.04 Å². The Kier molecular flexibility index (Phi) is 3.33. The van der Waals surface area contributed by atoms with E-state index in [4.69, 9.17) is 5.11 Å². The summed E-state index contributed by atoms with van der Waals surface area (Å²) in [6.07, 6.45) is 5.04. The third-order valence-corrected chi connectivity index (χ3v) is 3.59. The topological polar surface area (TPSA) is 66.3 Å². The molecule has 1 unspecified atom stereocenters. The third-order valence-electron chi connectivity index (χ3n) is 3.59. The second kappa shape index (κ2) is 5.28. The van der Waals surface area contributed by atoms with E-state index in [0.717, 1.165) is 25.2 Å². The Morgan fingerprint density at radius 3 is 2.65 bits per heavy atom. The van der Waals surface area contributed by atoms with Crippen molar-refractivity contribution in [1.82, 2.24) is 9.97 Å². The van der Waals surface area contributed by atoms with Crippen LogP contribution in [0, 0.1) is 0 Å². The molecule has 0 aliphatic carbocycles. The van der Waals surface area contributed by atoms with E-state index in [9.17, 15) is 4.79 Å². The predicted molar refractivity (Wildman–Crippen MR) is 74.8 cm³/mol. The van der Waals surface area contributed by atoms with Crippen molar-refractivity contribution in [2.75, 3.05) is 11.4 Å². The molecule has 102 valence electrons. The zero-order valence-corrected chi connectivity index (χ0v) is 10.9. The van der Waals surface area contributed by atoms with Crippen LogP contribution in [0.3, 0.4) is 0 Å². The number of benzene rings is 1. The smallest absolute Gasteiger partial charge is 0.356 e. The lowest BCUT2D eigenvalue weighted by atomic mass is 10.0. The van der Waals surface area contributed by atoms with Crippen molar-refractivity contribution in [2.24, 2.45) is 0 Å². The fourth-order valence-electron chi connectivity index (χ4n) is 2.64. The molecule has 1 aromatic heterocycles. The predicted octanol–water partition coefficient (Wildman–Crippen LogP) is 2.52. The normalized spacial score (nSPS) is 18.2. The summed E-state index contributed by atoms with van der Waals surface area (Å²) >= 11 is 0. The highest BCUT2D eigenvalue weighted by Crippen LogP contribution is 2.34. The maximum Gasteiger partial charge on any atom is 0.356 e. The fourth-order valence-corrected chi connectivity index (χ4v) is 2.64. The summed E-state index contributed by atoms with van der Waals surface area (Å²) in [4.78, 5) is 21.2. The maximum atomic E-state index is 10.8. The number of rotatable bonds is 3. The largest absolute Gasteiger partial charge is 0.476 e. The molecule has 2 heterocycles. The molecule has 0 spiro atoms. The number of anilines is 1. The van der Waals surface area contributed by atoms with E-state index < -0.39 is 5.97 Å². The van der Waals surface area contributed by atoms with Gasteiger partial charge in [0.1, 0.15) is 5.82 Å². The summed E-state index contributed by atoms with van der Waals surface area (Å²) in [6, 6.07) is 10.6. The first-order chi connectivity index (χ1) is 9.75. The quantitative estimate of drug-likeness (QED) is 0.927. The molecule has 1 atom stereocenters. The number of aromatic nitrogens is 2. The number of carboxylic acid groups (broad SMARTS) is 1. The van der Waals surface area contributed by atoms with E-state index in [1.54, 1.807) is 6.20 Å². The number of carbonyl (C=O) groups is 1. The number of hydrogen-bond acceptors (Lipinski definition) is 4. The summed E-state index contributed by atoms with van der Waals surface area (Å²) < 4.78 is 0. The molecule has 5 nitrogen and oxygen atoms in total. The van der Waals surface area contributed by atoms with Crippen molar-refractivity contribution >= 4 is 11.8 Å². The molecule has 5 heteroatoms. The minimum atomic E-state index is -1.05. The summed E-state index contributed by atoms with van der Waals surface area (Å²) in [5.74, 6) is -0.313. The third kappa shape index (κ3) is 2.34. The molecule has 3 rings (SSSR count). The molecule has 2 aromatic rings. The maximum absolute atomic E-state index is 10.8. The zero-order chi connectivity index (χ0) is 13.9. The SMILES string of the molecule is O=C(O)c1cnc(N2CCCC2c2ccccc2)cn1. The summed E-state index contributed by atoms with van der Waals surface area (Å²) in [7, 11) is 0. The van der Waals surface area contributed by atoms with Gasteiger partial charge < -0.3 is 10.0 Å². The van der Waals surface area contributed by atoms with Gasteiger partial charge in [-0.15, -0.1) is 0 Å². The average Bonchev–Trinajstić information content (AvgIpc) is 2.97. The van der Waals surface area contributed by atoms with Gasteiger partial charge in [0.15, 0.2) is 5.69 Å². The molecule has 1 fully saturated rings. The molecule has 0 bridgehead atoms. The van der Waals surface area contributed by atoms with Gasteiger partial charge in [0.05, 0.1) is 18.4 Å². The van der Waals surface area contributed by atoms with Crippen molar-refractivity contribution in [3.05, 3.63) is 54.0 Å². The van der Waals surface area contributed by atoms with Crippen LogP contribution in [0.25, 0.3) is 0 Å². The van der Waals surface area contributed by atoms with Crippen molar-refractivity contribution in [3.8, 4) is 0 Å². The Morgan fingerprint density at radius 2 is 2.00 bits per heavy atom. The van der Waals surface area contributed by atoms with Crippen LogP contribution < -0.4 is 4.90 Å². The highest BCUT2D eigenvalue weighted by atomic mass is 16.4. The van der Waals surface area contributed by atoms with Crippen molar-refractivity contribution in [3.63, 3.8) is 0 Å². The molecule has 20 heavy (non-hydrogen) atoms. The number of hydrogen-bond donors (Lipinski definition) is 1. The summed E-state index contributed by atoms with van der Waals surface area (Å²) in [5, 5.41) is 8.85. The highest BCUT2D eigenvalue weighted by Gasteiger charge is 2.27. The number of aromatic carboxylic acids is 1. The molecule has 1 aromatic carbocycles. The van der Waals surface area contributed by atoms with Gasteiger partial charge in [0, 0.05) is 6.54 Å². The Hall–Kier alpha value is -2.43. The van der Waals surface area contributed by atoms with Crippen LogP contribution in [-0.2, 0) is 0 Å². The van der Waals surface area contributed by atoms with Gasteiger partial charge in [-0.2, -0.15) is 0 Å². The van der Waals surface area contributed by atoms with E-state index in [1.165, 1.54) is 11.8 Å². The van der Waals surface area contributed by atoms with E-state index in [2.05, 4.69) is 27.0 Å². The van der Waals surface area contributed by atoms with E-state index in [-0.39, 0.29) is 5.69 Å². The van der Waals surface area contributed by atoms with Gasteiger partial charge in [0.25, 0.3) is 0 Å². The lowest BCUT2D eigenvalue weighted by Gasteiger charge is -2.25. The minimum absolute atomic E-state index is 0.0239. The summed E-state index contributed by atoms with van der Waals surface area (Å²) in [6.45, 7) is 0.917. The van der Waals surface area contributed by atoms with Gasteiger partial charge in [-0.05, 0) is 18.4 Å². The van der Waals surface area contributed by atoms with Crippen LogP contribution in [0.1, 0.15) is 34.9 Å². The second-order valence-electron chi connectivity index (χ2n) is 4.83. The van der Waals surface area contributed by atoms with Gasteiger partial charge in [-0.1, -0.05) is 30.3 Å². The first-order valence-corrected chi connectivity index (χ1v) is 6.62. The lowest BCUT2D eigenvalue weighted by Crippen LogP contribution is -2.24. The monoisotopic (exact) mass is 269 g/mol. The lowest BCUT2D eigenvalue weighted by molar-refractivity contribution is 0.0690. The molecular weight excluding hydrogens is 254 g/mol. The fraction of sp³-hybridized carbons (Fsp3) is 0.267. The van der Waals surface area contributed by atoms with Crippen LogP contribution >= 0.6 is 0 Å². The van der Waals surface area contributed by atoms with Gasteiger partial charge >= 0.3 is 5.97 Å². The Balaban J connectivity index is 1.87. The number of nitrogens with zero attached hydrogens (tertiary/aromatic N) is 3. The first-order valence-electron chi connectivity index (χ1n) is 6.62. The molecule has 0 saturated carbocycles. The van der Waals surface area contributed by atoms with Crippen molar-refractivity contribution in [2.45, 2.75) is 18.9 Å². The highest BCUT2D eigenvalue weighted by molar-refractivity contribution is 5.84. The molecule has 1 N–H and O–H groups in total. The summed E-state index contributed by atoms with van der Waals surface area (Å²) in [5.41, 5.74) is 1.23. The Labute approximate surface area is 116 Å². The number of carboxylic acids is 1. The van der Waals surface area contributed by atoms with Gasteiger partial charge in [-0.25, -0.2) is 14.8 Å². The van der Waals surface area contributed by atoms with E-state index >= 15 is 0 Å². The van der Waals surface area contributed by atoms with Gasteiger partial charge in [-0.3, -0.25) is 0 Å². The Morgan fingerprint density at radius 1 is 1.20 bits per heavy atom. The van der Waals surface area contributed by atoms with E-state index in [1.807, 2.05) is 18.2 Å². The first kappa shape index (κ1) is 12.6. The van der Waals surface area contributed by atoms with Crippen LogP contribution in [0.2, 0.25) is 0 Å². The van der Waals surface area contributed by atoms with Crippen LogP contribution in [0.4, 0.5) is 5.82 Å². The molecular formula is C15H15N3O2. The molecule has 0 radical (unpaired) electrons. The van der Waals surface area contributed by atoms with Crippen LogP contribution in [0.15, 0.2) is 42.7 Å². The minimum Gasteiger partial charge on any atom is -0.476 e. The van der Waals surface area contributed by atoms with Crippen LogP contribution in [0.5, 0.6) is 0 Å². The molecule has 1 aliphatic rings. The molecule has 0 amide bonds. The van der Waals surface area contributed by atoms with Gasteiger partial charge in [0.2, 0.25) is 0 Å². The molecule has 1 aliphatic heterocycles. The van der Waals surface area contributed by atoms with Crippen molar-refractivity contribution in [1.29, 1.82) is 0 Å². The molecule has 1 saturated heterocycles. The Bertz CT molecular complexity index is 598. The second-order valence-corrected chi connectivity index (χ2v) is 4.83. The standard InChI is InChI=1S/C15H15N3O2/c19-15(20)12-9-17-14(10-16-12)18-8-4-7-13(18)11-5-2-1-3-6-11/h1-3,5-6,9-10,13H,4,7-8H2,(H,19,20). The average molecular weight is 269 g/mol. The zero-order valence-electron chi connectivity index (χ0n) is 10.9. The van der Waals surface area contributed by atoms with Crippen LogP contribution in [-0.4, -0.2) is 27.6 Å². The van der Waals surface area contributed by atoms with Crippen molar-refractivity contribution < 1.29 is 9.90 Å².